The Bertz CT molecular complexity index is 853. The van der Waals surface area contributed by atoms with Gasteiger partial charge < -0.3 is 4.74 Å². The Morgan fingerprint density at radius 3 is 2.88 bits per heavy atom. The zero-order valence-corrected chi connectivity index (χ0v) is 13.4. The normalized spacial score (nSPS) is 18.0. The van der Waals surface area contributed by atoms with E-state index in [0.717, 1.165) is 6.26 Å². The van der Waals surface area contributed by atoms with Gasteiger partial charge in [0.1, 0.15) is 18.4 Å². The highest BCUT2D eigenvalue weighted by atomic mass is 32.2. The van der Waals surface area contributed by atoms with Gasteiger partial charge in [-0.15, -0.1) is 0 Å². The van der Waals surface area contributed by atoms with E-state index in [1.54, 1.807) is 18.3 Å². The smallest absolute Gasteiger partial charge is 0.414 e. The number of hydrogen-bond donors (Lipinski definition) is 0. The molecule has 1 amide bonds. The number of rotatable bonds is 5. The molecule has 128 valence electrons. The van der Waals surface area contributed by atoms with Crippen molar-refractivity contribution in [3.05, 3.63) is 42.5 Å². The minimum Gasteiger partial charge on any atom is -0.441 e. The predicted molar refractivity (Wildman–Crippen MR) is 81.9 cm³/mol. The van der Waals surface area contributed by atoms with E-state index in [-0.39, 0.29) is 18.8 Å². The molecule has 0 unspecified atom stereocenters. The zero-order valence-electron chi connectivity index (χ0n) is 12.6. The van der Waals surface area contributed by atoms with E-state index in [9.17, 15) is 17.6 Å². The molecule has 1 atom stereocenters. The van der Waals surface area contributed by atoms with Crippen molar-refractivity contribution < 1.29 is 26.5 Å². The van der Waals surface area contributed by atoms with E-state index in [1.807, 2.05) is 0 Å². The molecule has 0 bridgehead atoms. The average Bonchev–Trinajstić information content (AvgIpc) is 3.14. The highest BCUT2D eigenvalue weighted by Crippen LogP contribution is 2.25. The molecule has 0 N–H and O–H groups in total. The lowest BCUT2D eigenvalue weighted by molar-refractivity contribution is 0.107. The van der Waals surface area contributed by atoms with Gasteiger partial charge in [-0.3, -0.25) is 9.08 Å². The number of carbonyl (C=O) groups excluding carboxylic acids is 1. The SMILES string of the molecule is CS(=O)(=O)OC[C@@H]1CN(c2ccc(-n3cccn3)c(F)c2)C(=O)O1. The minimum absolute atomic E-state index is 0.0644. The summed E-state index contributed by atoms with van der Waals surface area (Å²) in [5.41, 5.74) is 0.545. The fourth-order valence-corrected chi connectivity index (χ4v) is 2.68. The van der Waals surface area contributed by atoms with Crippen molar-refractivity contribution in [3.8, 4) is 5.69 Å². The molecule has 24 heavy (non-hydrogen) atoms. The first-order valence-corrected chi connectivity index (χ1v) is 8.77. The molecule has 1 saturated heterocycles. The number of aromatic nitrogens is 2. The third-order valence-corrected chi connectivity index (χ3v) is 3.90. The Morgan fingerprint density at radius 2 is 2.25 bits per heavy atom. The lowest BCUT2D eigenvalue weighted by Gasteiger charge is -2.14. The molecule has 1 aliphatic rings. The standard InChI is InChI=1S/C14H14FN3O5S/c1-24(20,21)22-9-11-8-17(14(19)23-11)10-3-4-13(12(15)7-10)18-6-2-5-16-18/h2-7,11H,8-9H2,1H3/t11-/m0/s1. The molecule has 2 aromatic rings. The number of nitrogens with zero attached hydrogens (tertiary/aromatic N) is 3. The van der Waals surface area contributed by atoms with Gasteiger partial charge in [0.05, 0.1) is 18.5 Å². The molecule has 1 aromatic heterocycles. The fourth-order valence-electron chi connectivity index (χ4n) is 2.28. The number of hydrogen-bond acceptors (Lipinski definition) is 6. The summed E-state index contributed by atoms with van der Waals surface area (Å²) in [6.07, 6.45) is 2.59. The van der Waals surface area contributed by atoms with Gasteiger partial charge in [0.2, 0.25) is 0 Å². The van der Waals surface area contributed by atoms with Crippen molar-refractivity contribution in [2.75, 3.05) is 24.3 Å². The second kappa shape index (κ2) is 6.21. The number of cyclic esters (lactones) is 1. The average molecular weight is 355 g/mol. The van der Waals surface area contributed by atoms with Gasteiger partial charge in [0, 0.05) is 12.4 Å². The molecule has 10 heteroatoms. The number of amides is 1. The maximum absolute atomic E-state index is 14.3. The maximum atomic E-state index is 14.3. The van der Waals surface area contributed by atoms with Crippen LogP contribution in [0.25, 0.3) is 5.69 Å². The number of halogens is 1. The van der Waals surface area contributed by atoms with E-state index < -0.39 is 28.1 Å². The number of ether oxygens (including phenoxy) is 1. The molecular weight excluding hydrogens is 341 g/mol. The van der Waals surface area contributed by atoms with Crippen molar-refractivity contribution in [1.82, 2.24) is 9.78 Å². The third kappa shape index (κ3) is 3.54. The van der Waals surface area contributed by atoms with Crippen molar-refractivity contribution in [2.45, 2.75) is 6.10 Å². The van der Waals surface area contributed by atoms with Gasteiger partial charge in [-0.1, -0.05) is 0 Å². The van der Waals surface area contributed by atoms with Crippen molar-refractivity contribution in [2.24, 2.45) is 0 Å². The van der Waals surface area contributed by atoms with Crippen LogP contribution in [0.4, 0.5) is 14.9 Å². The van der Waals surface area contributed by atoms with E-state index in [0.29, 0.717) is 5.69 Å². The van der Waals surface area contributed by atoms with Crippen LogP contribution >= 0.6 is 0 Å². The van der Waals surface area contributed by atoms with Crippen LogP contribution in [0.1, 0.15) is 0 Å². The van der Waals surface area contributed by atoms with Crippen LogP contribution in [0.15, 0.2) is 36.7 Å². The Kier molecular flexibility index (Phi) is 4.24. The molecule has 0 spiro atoms. The first-order valence-electron chi connectivity index (χ1n) is 6.95. The van der Waals surface area contributed by atoms with Crippen LogP contribution in [0.5, 0.6) is 0 Å². The van der Waals surface area contributed by atoms with Crippen LogP contribution in [0.3, 0.4) is 0 Å². The summed E-state index contributed by atoms with van der Waals surface area (Å²) in [4.78, 5) is 13.1. The Morgan fingerprint density at radius 1 is 1.46 bits per heavy atom. The highest BCUT2D eigenvalue weighted by Gasteiger charge is 2.33. The molecule has 1 fully saturated rings. The summed E-state index contributed by atoms with van der Waals surface area (Å²) in [7, 11) is -3.63. The molecule has 0 aliphatic carbocycles. The van der Waals surface area contributed by atoms with Gasteiger partial charge in [-0.25, -0.2) is 13.9 Å². The van der Waals surface area contributed by atoms with E-state index in [4.69, 9.17) is 4.74 Å². The Labute approximate surface area is 137 Å². The van der Waals surface area contributed by atoms with Gasteiger partial charge in [0.15, 0.2) is 5.82 Å². The summed E-state index contributed by atoms with van der Waals surface area (Å²) < 4.78 is 47.2. The van der Waals surface area contributed by atoms with Crippen molar-refractivity contribution >= 4 is 21.9 Å². The first kappa shape index (κ1) is 16.4. The monoisotopic (exact) mass is 355 g/mol. The lowest BCUT2D eigenvalue weighted by Crippen LogP contribution is -2.26. The summed E-state index contributed by atoms with van der Waals surface area (Å²) in [6.45, 7) is -0.218. The van der Waals surface area contributed by atoms with Crippen molar-refractivity contribution in [3.63, 3.8) is 0 Å². The Balaban J connectivity index is 1.75. The van der Waals surface area contributed by atoms with Gasteiger partial charge in [0.25, 0.3) is 10.1 Å². The molecule has 8 nitrogen and oxygen atoms in total. The number of anilines is 1. The van der Waals surface area contributed by atoms with Gasteiger partial charge in [-0.05, 0) is 24.3 Å². The van der Waals surface area contributed by atoms with E-state index in [1.165, 1.54) is 27.9 Å². The molecule has 2 heterocycles. The molecule has 1 aliphatic heterocycles. The van der Waals surface area contributed by atoms with Crippen LogP contribution in [0.2, 0.25) is 0 Å². The van der Waals surface area contributed by atoms with Crippen LogP contribution in [0, 0.1) is 5.82 Å². The predicted octanol–water partition coefficient (Wildman–Crippen LogP) is 1.31. The third-order valence-electron chi connectivity index (χ3n) is 3.34. The van der Waals surface area contributed by atoms with Crippen LogP contribution < -0.4 is 4.90 Å². The summed E-state index contributed by atoms with van der Waals surface area (Å²) >= 11 is 0. The zero-order chi connectivity index (χ0) is 17.3. The number of benzene rings is 1. The molecule has 1 aromatic carbocycles. The van der Waals surface area contributed by atoms with Gasteiger partial charge in [-0.2, -0.15) is 13.5 Å². The summed E-state index contributed by atoms with van der Waals surface area (Å²) in [5.74, 6) is -0.556. The lowest BCUT2D eigenvalue weighted by atomic mass is 10.2. The first-order chi connectivity index (χ1) is 11.3. The molecule has 3 rings (SSSR count). The quantitative estimate of drug-likeness (QED) is 0.751. The largest absolute Gasteiger partial charge is 0.441 e. The second-order valence-corrected chi connectivity index (χ2v) is 6.84. The Hall–Kier alpha value is -2.46. The fraction of sp³-hybridized carbons (Fsp3) is 0.286. The molecular formula is C14H14FN3O5S. The molecule has 0 radical (unpaired) electrons. The molecule has 0 saturated carbocycles. The van der Waals surface area contributed by atoms with E-state index in [2.05, 4.69) is 9.28 Å². The maximum Gasteiger partial charge on any atom is 0.414 e. The van der Waals surface area contributed by atoms with Gasteiger partial charge >= 0.3 is 6.09 Å². The number of carbonyl (C=O) groups is 1. The van der Waals surface area contributed by atoms with E-state index >= 15 is 0 Å². The summed E-state index contributed by atoms with van der Waals surface area (Å²) in [6, 6.07) is 5.90. The summed E-state index contributed by atoms with van der Waals surface area (Å²) in [5, 5.41) is 3.95. The highest BCUT2D eigenvalue weighted by molar-refractivity contribution is 7.85. The minimum atomic E-state index is -3.63. The van der Waals surface area contributed by atoms with Crippen LogP contribution in [-0.2, 0) is 19.0 Å². The van der Waals surface area contributed by atoms with Crippen molar-refractivity contribution in [1.29, 1.82) is 0 Å². The van der Waals surface area contributed by atoms with Crippen LogP contribution in [-0.4, -0.2) is 49.8 Å². The second-order valence-electron chi connectivity index (χ2n) is 5.19. The topological polar surface area (TPSA) is 90.7 Å².